The number of likely N-dealkylation sites (tertiary alicyclic amines) is 1. The van der Waals surface area contributed by atoms with Crippen LogP contribution in [0, 0.1) is 20.8 Å². The third kappa shape index (κ3) is 3.32. The molecule has 0 atom stereocenters. The van der Waals surface area contributed by atoms with Gasteiger partial charge in [0.15, 0.2) is 11.5 Å². The molecule has 1 aliphatic rings. The highest BCUT2D eigenvalue weighted by atomic mass is 16.6. The van der Waals surface area contributed by atoms with Gasteiger partial charge in [-0.2, -0.15) is 0 Å². The average molecular weight is 368 g/mol. The second-order valence-electron chi connectivity index (χ2n) is 6.81. The average Bonchev–Trinajstić information content (AvgIpc) is 3.29. The topological polar surface area (TPSA) is 111 Å². The molecule has 0 unspecified atom stereocenters. The number of nitrogens with zero attached hydrogens (tertiary/aromatic N) is 6. The van der Waals surface area contributed by atoms with Crippen LogP contribution in [0.2, 0.25) is 0 Å². The summed E-state index contributed by atoms with van der Waals surface area (Å²) in [5.41, 5.74) is 3.42. The van der Waals surface area contributed by atoms with E-state index in [1.807, 2.05) is 19.9 Å². The number of carbonyl (C=O) groups excluding carboxylic acids is 1. The Morgan fingerprint density at radius 3 is 2.56 bits per heavy atom. The first-order chi connectivity index (χ1) is 13.0. The minimum atomic E-state index is -0.142. The van der Waals surface area contributed by atoms with Crippen LogP contribution in [-0.4, -0.2) is 49.3 Å². The maximum absolute atomic E-state index is 12.6. The van der Waals surface area contributed by atoms with Crippen molar-refractivity contribution in [3.05, 3.63) is 40.9 Å². The highest BCUT2D eigenvalue weighted by molar-refractivity contribution is 5.93. The second kappa shape index (κ2) is 6.90. The van der Waals surface area contributed by atoms with E-state index in [1.54, 1.807) is 18.0 Å². The molecule has 0 N–H and O–H groups in total. The van der Waals surface area contributed by atoms with Gasteiger partial charge < -0.3 is 9.42 Å². The number of piperidine rings is 1. The Hall–Kier alpha value is -3.10. The molecule has 27 heavy (non-hydrogen) atoms. The van der Waals surface area contributed by atoms with Crippen LogP contribution in [0.4, 0.5) is 0 Å². The fraction of sp³-hybridized carbons (Fsp3) is 0.444. The second-order valence-corrected chi connectivity index (χ2v) is 6.81. The Morgan fingerprint density at radius 1 is 1.15 bits per heavy atom. The number of amides is 1. The SMILES string of the molecule is Cc1cc(-c2cnc(C)nc2C2CCN(C(=O)c3nonc3C)CC2)on1. The first kappa shape index (κ1) is 17.3. The van der Waals surface area contributed by atoms with Gasteiger partial charge in [0, 0.05) is 31.3 Å². The van der Waals surface area contributed by atoms with Gasteiger partial charge in [-0.25, -0.2) is 14.6 Å². The zero-order chi connectivity index (χ0) is 19.0. The standard InChI is InChI=1S/C18H20N6O3/c1-10-8-15(26-21-10)14-9-19-12(3)20-17(14)13-4-6-24(7-5-13)18(25)16-11(2)22-27-23-16/h8-9,13H,4-7H2,1-3H3. The molecular formula is C18H20N6O3. The molecule has 4 rings (SSSR count). The molecule has 0 aliphatic carbocycles. The molecular weight excluding hydrogens is 348 g/mol. The monoisotopic (exact) mass is 368 g/mol. The minimum Gasteiger partial charge on any atom is -0.356 e. The molecule has 1 fully saturated rings. The summed E-state index contributed by atoms with van der Waals surface area (Å²) in [5.74, 6) is 1.46. The number of hydrogen-bond acceptors (Lipinski definition) is 8. The summed E-state index contributed by atoms with van der Waals surface area (Å²) in [7, 11) is 0. The van der Waals surface area contributed by atoms with Gasteiger partial charge >= 0.3 is 0 Å². The Kier molecular flexibility index (Phi) is 4.43. The van der Waals surface area contributed by atoms with Crippen molar-refractivity contribution in [2.45, 2.75) is 39.5 Å². The fourth-order valence-electron chi connectivity index (χ4n) is 3.41. The number of rotatable bonds is 3. The van der Waals surface area contributed by atoms with Gasteiger partial charge in [0.25, 0.3) is 5.91 Å². The van der Waals surface area contributed by atoms with E-state index in [-0.39, 0.29) is 17.5 Å². The quantitative estimate of drug-likeness (QED) is 0.693. The molecule has 1 saturated heterocycles. The molecule has 9 nitrogen and oxygen atoms in total. The molecule has 1 amide bonds. The van der Waals surface area contributed by atoms with Crippen molar-refractivity contribution in [2.24, 2.45) is 0 Å². The van der Waals surface area contributed by atoms with Crippen LogP contribution in [0.1, 0.15) is 52.2 Å². The van der Waals surface area contributed by atoms with Gasteiger partial charge in [-0.1, -0.05) is 10.3 Å². The molecule has 0 spiro atoms. The largest absolute Gasteiger partial charge is 0.356 e. The first-order valence-electron chi connectivity index (χ1n) is 8.88. The smallest absolute Gasteiger partial charge is 0.278 e. The van der Waals surface area contributed by atoms with E-state index in [0.717, 1.165) is 29.8 Å². The van der Waals surface area contributed by atoms with Crippen LogP contribution >= 0.6 is 0 Å². The highest BCUT2D eigenvalue weighted by Gasteiger charge is 2.30. The zero-order valence-corrected chi connectivity index (χ0v) is 15.5. The fourth-order valence-corrected chi connectivity index (χ4v) is 3.41. The minimum absolute atomic E-state index is 0.142. The Morgan fingerprint density at radius 2 is 1.93 bits per heavy atom. The van der Waals surface area contributed by atoms with E-state index in [2.05, 4.69) is 30.1 Å². The van der Waals surface area contributed by atoms with Crippen LogP contribution in [0.15, 0.2) is 21.4 Å². The summed E-state index contributed by atoms with van der Waals surface area (Å²) in [6.07, 6.45) is 3.39. The molecule has 1 aliphatic heterocycles. The van der Waals surface area contributed by atoms with Gasteiger partial charge in [-0.3, -0.25) is 4.79 Å². The lowest BCUT2D eigenvalue weighted by Gasteiger charge is -2.31. The maximum Gasteiger partial charge on any atom is 0.278 e. The predicted molar refractivity (Wildman–Crippen MR) is 93.9 cm³/mol. The molecule has 0 aromatic carbocycles. The van der Waals surface area contributed by atoms with Gasteiger partial charge in [-0.15, -0.1) is 0 Å². The number of hydrogen-bond donors (Lipinski definition) is 0. The maximum atomic E-state index is 12.6. The van der Waals surface area contributed by atoms with Gasteiger partial charge in [-0.05, 0) is 38.8 Å². The normalized spacial score (nSPS) is 15.3. The van der Waals surface area contributed by atoms with E-state index < -0.39 is 0 Å². The van der Waals surface area contributed by atoms with Gasteiger partial charge in [0.1, 0.15) is 11.5 Å². The van der Waals surface area contributed by atoms with Crippen molar-refractivity contribution in [1.29, 1.82) is 0 Å². The van der Waals surface area contributed by atoms with E-state index in [4.69, 9.17) is 4.52 Å². The van der Waals surface area contributed by atoms with E-state index in [1.165, 1.54) is 0 Å². The molecule has 0 saturated carbocycles. The van der Waals surface area contributed by atoms with Crippen molar-refractivity contribution >= 4 is 5.91 Å². The summed E-state index contributed by atoms with van der Waals surface area (Å²) < 4.78 is 10.1. The van der Waals surface area contributed by atoms with E-state index in [0.29, 0.717) is 30.4 Å². The van der Waals surface area contributed by atoms with Crippen LogP contribution in [0.25, 0.3) is 11.3 Å². The lowest BCUT2D eigenvalue weighted by atomic mass is 9.90. The van der Waals surface area contributed by atoms with Crippen LogP contribution in [0.5, 0.6) is 0 Å². The molecule has 3 aromatic rings. The van der Waals surface area contributed by atoms with Crippen LogP contribution in [0.3, 0.4) is 0 Å². The Balaban J connectivity index is 1.54. The summed E-state index contributed by atoms with van der Waals surface area (Å²) >= 11 is 0. The Bertz CT molecular complexity index is 971. The van der Waals surface area contributed by atoms with Crippen molar-refractivity contribution < 1.29 is 13.9 Å². The summed E-state index contributed by atoms with van der Waals surface area (Å²) in [6.45, 7) is 6.71. The van der Waals surface area contributed by atoms with Gasteiger partial charge in [0.2, 0.25) is 0 Å². The van der Waals surface area contributed by atoms with Crippen molar-refractivity contribution in [2.75, 3.05) is 13.1 Å². The van der Waals surface area contributed by atoms with Crippen molar-refractivity contribution in [3.63, 3.8) is 0 Å². The van der Waals surface area contributed by atoms with Crippen LogP contribution < -0.4 is 0 Å². The summed E-state index contributed by atoms with van der Waals surface area (Å²) in [5, 5.41) is 11.4. The van der Waals surface area contributed by atoms with Gasteiger partial charge in [0.05, 0.1) is 17.0 Å². The molecule has 0 radical (unpaired) electrons. The first-order valence-corrected chi connectivity index (χ1v) is 8.88. The molecule has 0 bridgehead atoms. The predicted octanol–water partition coefficient (Wildman–Crippen LogP) is 2.46. The molecule has 140 valence electrons. The number of aromatic nitrogens is 5. The number of carbonyl (C=O) groups is 1. The van der Waals surface area contributed by atoms with E-state index in [9.17, 15) is 4.79 Å². The van der Waals surface area contributed by atoms with E-state index >= 15 is 0 Å². The third-order valence-corrected chi connectivity index (χ3v) is 4.86. The lowest BCUT2D eigenvalue weighted by molar-refractivity contribution is 0.0700. The number of aryl methyl sites for hydroxylation is 3. The summed E-state index contributed by atoms with van der Waals surface area (Å²) in [6, 6.07) is 1.89. The van der Waals surface area contributed by atoms with Crippen molar-refractivity contribution in [1.82, 2.24) is 30.3 Å². The molecule has 3 aromatic heterocycles. The highest BCUT2D eigenvalue weighted by Crippen LogP contribution is 2.34. The summed E-state index contributed by atoms with van der Waals surface area (Å²) in [4.78, 5) is 23.4. The zero-order valence-electron chi connectivity index (χ0n) is 15.5. The van der Waals surface area contributed by atoms with Crippen molar-refractivity contribution in [3.8, 4) is 11.3 Å². The third-order valence-electron chi connectivity index (χ3n) is 4.86. The molecule has 4 heterocycles. The van der Waals surface area contributed by atoms with Crippen LogP contribution in [-0.2, 0) is 0 Å². The lowest BCUT2D eigenvalue weighted by Crippen LogP contribution is -2.38. The molecule has 9 heteroatoms. The Labute approximate surface area is 155 Å².